The highest BCUT2D eigenvalue weighted by molar-refractivity contribution is 5.77. The van der Waals surface area contributed by atoms with Gasteiger partial charge in [0.25, 0.3) is 0 Å². The molecule has 0 saturated heterocycles. The normalized spacial score (nSPS) is 20.3. The van der Waals surface area contributed by atoms with E-state index in [1.54, 1.807) is 0 Å². The van der Waals surface area contributed by atoms with Crippen LogP contribution in [-0.4, -0.2) is 13.2 Å². The van der Waals surface area contributed by atoms with Crippen LogP contribution in [0.25, 0.3) is 5.57 Å². The summed E-state index contributed by atoms with van der Waals surface area (Å²) < 4.78 is 12.0. The Morgan fingerprint density at radius 2 is 2.10 bits per heavy atom. The first kappa shape index (κ1) is 14.5. The highest BCUT2D eigenvalue weighted by atomic mass is 16.5. The molecule has 0 radical (unpaired) electrons. The zero-order valence-electron chi connectivity index (χ0n) is 13.1. The fraction of sp³-hybridized carbons (Fsp3) is 0.579. The molecule has 0 N–H and O–H groups in total. The summed E-state index contributed by atoms with van der Waals surface area (Å²) in [7, 11) is 0. The van der Waals surface area contributed by atoms with Crippen LogP contribution in [0.3, 0.4) is 0 Å². The Hall–Kier alpha value is -1.44. The first-order valence-electron chi connectivity index (χ1n) is 8.46. The summed E-state index contributed by atoms with van der Waals surface area (Å²) in [5.41, 5.74) is 2.54. The summed E-state index contributed by atoms with van der Waals surface area (Å²) in [4.78, 5) is 0. The van der Waals surface area contributed by atoms with Gasteiger partial charge >= 0.3 is 0 Å². The minimum absolute atomic E-state index is 0.694. The van der Waals surface area contributed by atoms with E-state index in [0.29, 0.717) is 6.61 Å². The predicted octanol–water partition coefficient (Wildman–Crippen LogP) is 5.22. The number of para-hydroxylation sites is 1. The van der Waals surface area contributed by atoms with E-state index < -0.39 is 0 Å². The molecule has 2 aliphatic rings. The van der Waals surface area contributed by atoms with Crippen molar-refractivity contribution in [3.05, 3.63) is 29.8 Å². The summed E-state index contributed by atoms with van der Waals surface area (Å²) in [5.74, 6) is 2.61. The van der Waals surface area contributed by atoms with Gasteiger partial charge in [-0.1, -0.05) is 50.8 Å². The Morgan fingerprint density at radius 1 is 1.24 bits per heavy atom. The van der Waals surface area contributed by atoms with Gasteiger partial charge in [-0.05, 0) is 36.8 Å². The molecule has 0 aromatic heterocycles. The molecule has 2 nitrogen and oxygen atoms in total. The van der Waals surface area contributed by atoms with Crippen molar-refractivity contribution >= 4 is 5.57 Å². The Morgan fingerprint density at radius 3 is 2.90 bits per heavy atom. The maximum atomic E-state index is 6.09. The molecular formula is C19H26O2. The van der Waals surface area contributed by atoms with Crippen LogP contribution in [0.15, 0.2) is 24.3 Å². The van der Waals surface area contributed by atoms with E-state index >= 15 is 0 Å². The Balaban J connectivity index is 1.68. The summed E-state index contributed by atoms with van der Waals surface area (Å²) >= 11 is 0. The van der Waals surface area contributed by atoms with Gasteiger partial charge in [0, 0.05) is 5.56 Å². The average Bonchev–Trinajstić information content (AvgIpc) is 2.95. The predicted molar refractivity (Wildman–Crippen MR) is 86.9 cm³/mol. The van der Waals surface area contributed by atoms with Gasteiger partial charge in [0.1, 0.15) is 6.61 Å². The second-order valence-corrected chi connectivity index (χ2v) is 6.25. The summed E-state index contributed by atoms with van der Waals surface area (Å²) in [6.45, 7) is 3.74. The van der Waals surface area contributed by atoms with E-state index in [2.05, 4.69) is 25.1 Å². The average molecular weight is 286 g/mol. The van der Waals surface area contributed by atoms with Gasteiger partial charge in [-0.15, -0.1) is 0 Å². The first-order valence-corrected chi connectivity index (χ1v) is 8.46. The first-order chi connectivity index (χ1) is 10.4. The second-order valence-electron chi connectivity index (χ2n) is 6.25. The van der Waals surface area contributed by atoms with Crippen LogP contribution in [0.1, 0.15) is 57.4 Å². The van der Waals surface area contributed by atoms with Crippen molar-refractivity contribution < 1.29 is 9.47 Å². The summed E-state index contributed by atoms with van der Waals surface area (Å²) in [6, 6.07) is 6.28. The van der Waals surface area contributed by atoms with Gasteiger partial charge < -0.3 is 9.47 Å². The number of unbranched alkanes of at least 4 members (excludes halogenated alkanes) is 1. The highest BCUT2D eigenvalue weighted by Crippen LogP contribution is 2.41. The third-order valence-electron chi connectivity index (χ3n) is 4.58. The maximum Gasteiger partial charge on any atom is 0.169 e. The van der Waals surface area contributed by atoms with Crippen LogP contribution in [0.4, 0.5) is 0 Å². The maximum absolute atomic E-state index is 6.09. The standard InChI is InChI=1S/C19H26O2/c1-2-3-10-16-14-21-19-17(16)11-7-12-18(19)20-13-15-8-5-4-6-9-15/h7,10-12,15H,2-6,8-9,13-14H2,1H3/b16-10+. The van der Waals surface area contributed by atoms with E-state index in [1.165, 1.54) is 49.7 Å². The molecule has 1 aliphatic carbocycles. The van der Waals surface area contributed by atoms with Crippen molar-refractivity contribution in [1.82, 2.24) is 0 Å². The molecule has 114 valence electrons. The fourth-order valence-electron chi connectivity index (χ4n) is 3.31. The van der Waals surface area contributed by atoms with Crippen LogP contribution >= 0.6 is 0 Å². The molecule has 3 rings (SSSR count). The minimum Gasteiger partial charge on any atom is -0.489 e. The van der Waals surface area contributed by atoms with Gasteiger partial charge in [-0.3, -0.25) is 0 Å². The van der Waals surface area contributed by atoms with Crippen LogP contribution in [0, 0.1) is 5.92 Å². The lowest BCUT2D eigenvalue weighted by atomic mass is 9.90. The van der Waals surface area contributed by atoms with Crippen molar-refractivity contribution in [2.24, 2.45) is 5.92 Å². The SMILES string of the molecule is CCC/C=C1\COc2c(OCC3CCCCC3)cccc21. The number of allylic oxidation sites excluding steroid dienone is 1. The molecule has 1 aromatic carbocycles. The lowest BCUT2D eigenvalue weighted by Crippen LogP contribution is -2.15. The van der Waals surface area contributed by atoms with Crippen molar-refractivity contribution in [2.45, 2.75) is 51.9 Å². The van der Waals surface area contributed by atoms with Crippen molar-refractivity contribution in [3.63, 3.8) is 0 Å². The molecular weight excluding hydrogens is 260 g/mol. The number of rotatable bonds is 5. The van der Waals surface area contributed by atoms with E-state index in [9.17, 15) is 0 Å². The van der Waals surface area contributed by atoms with E-state index in [1.807, 2.05) is 6.07 Å². The van der Waals surface area contributed by atoms with E-state index in [0.717, 1.165) is 30.4 Å². The lowest BCUT2D eigenvalue weighted by Gasteiger charge is -2.22. The molecule has 1 aromatic rings. The topological polar surface area (TPSA) is 18.5 Å². The fourth-order valence-corrected chi connectivity index (χ4v) is 3.31. The Kier molecular flexibility index (Phi) is 4.84. The van der Waals surface area contributed by atoms with Crippen LogP contribution in [0.2, 0.25) is 0 Å². The Bertz CT molecular complexity index is 498. The molecule has 1 heterocycles. The van der Waals surface area contributed by atoms with Crippen molar-refractivity contribution in [3.8, 4) is 11.5 Å². The highest BCUT2D eigenvalue weighted by Gasteiger charge is 2.22. The van der Waals surface area contributed by atoms with Crippen LogP contribution < -0.4 is 9.47 Å². The smallest absolute Gasteiger partial charge is 0.169 e. The molecule has 0 unspecified atom stereocenters. The molecule has 1 saturated carbocycles. The number of hydrogen-bond donors (Lipinski definition) is 0. The van der Waals surface area contributed by atoms with Crippen molar-refractivity contribution in [2.75, 3.05) is 13.2 Å². The van der Waals surface area contributed by atoms with Gasteiger partial charge in [0.2, 0.25) is 0 Å². The summed E-state index contributed by atoms with van der Waals surface area (Å²) in [6.07, 6.45) is 11.3. The Labute approximate surface area is 128 Å². The van der Waals surface area contributed by atoms with Crippen LogP contribution in [-0.2, 0) is 0 Å². The molecule has 0 bridgehead atoms. The molecule has 2 heteroatoms. The van der Waals surface area contributed by atoms with Crippen molar-refractivity contribution in [1.29, 1.82) is 0 Å². The molecule has 0 spiro atoms. The number of fused-ring (bicyclic) bond motifs is 1. The zero-order valence-corrected chi connectivity index (χ0v) is 13.1. The van der Waals surface area contributed by atoms with Crippen LogP contribution in [0.5, 0.6) is 11.5 Å². The number of benzene rings is 1. The molecule has 0 atom stereocenters. The lowest BCUT2D eigenvalue weighted by molar-refractivity contribution is 0.202. The van der Waals surface area contributed by atoms with Gasteiger partial charge in [-0.25, -0.2) is 0 Å². The van der Waals surface area contributed by atoms with Gasteiger partial charge in [0.05, 0.1) is 6.61 Å². The molecule has 0 amide bonds. The second kappa shape index (κ2) is 7.02. The molecule has 1 fully saturated rings. The van der Waals surface area contributed by atoms with Gasteiger partial charge in [0.15, 0.2) is 11.5 Å². The quantitative estimate of drug-likeness (QED) is 0.738. The number of hydrogen-bond acceptors (Lipinski definition) is 2. The largest absolute Gasteiger partial charge is 0.489 e. The van der Waals surface area contributed by atoms with E-state index in [4.69, 9.17) is 9.47 Å². The molecule has 21 heavy (non-hydrogen) atoms. The zero-order chi connectivity index (χ0) is 14.5. The molecule has 1 aliphatic heterocycles. The van der Waals surface area contributed by atoms with E-state index in [-0.39, 0.29) is 0 Å². The third-order valence-corrected chi connectivity index (χ3v) is 4.58. The summed E-state index contributed by atoms with van der Waals surface area (Å²) in [5, 5.41) is 0. The minimum atomic E-state index is 0.694. The van der Waals surface area contributed by atoms with Gasteiger partial charge in [-0.2, -0.15) is 0 Å². The number of ether oxygens (including phenoxy) is 2. The monoisotopic (exact) mass is 286 g/mol. The third kappa shape index (κ3) is 3.42.